The van der Waals surface area contributed by atoms with Crippen molar-refractivity contribution in [2.45, 2.75) is 46.5 Å². The van der Waals surface area contributed by atoms with Gasteiger partial charge in [0.25, 0.3) is 0 Å². The molecule has 3 aliphatic carbocycles. The minimum absolute atomic E-state index is 0.241. The Hall–Kier alpha value is -1.38. The number of aryl methyl sites for hydroxylation is 1. The second-order valence-corrected chi connectivity index (χ2v) is 6.39. The Morgan fingerprint density at radius 2 is 2.26 bits per heavy atom. The van der Waals surface area contributed by atoms with Crippen molar-refractivity contribution >= 4 is 5.97 Å². The zero-order valence-corrected chi connectivity index (χ0v) is 12.1. The van der Waals surface area contributed by atoms with Crippen molar-refractivity contribution in [2.24, 2.45) is 11.3 Å². The van der Waals surface area contributed by atoms with E-state index in [2.05, 4.69) is 18.8 Å². The molecule has 0 aliphatic heterocycles. The summed E-state index contributed by atoms with van der Waals surface area (Å²) in [7, 11) is 0. The van der Waals surface area contributed by atoms with E-state index in [4.69, 9.17) is 4.74 Å². The molecule has 1 aromatic rings. The molecule has 2 atom stereocenters. The molecule has 1 saturated carbocycles. The van der Waals surface area contributed by atoms with Crippen LogP contribution in [0.5, 0.6) is 0 Å². The normalized spacial score (nSPS) is 26.3. The molecule has 0 radical (unpaired) electrons. The van der Waals surface area contributed by atoms with Crippen LogP contribution in [0.3, 0.4) is 0 Å². The third kappa shape index (κ3) is 1.71. The SMILES string of the molecule is CCOC(=O)c1cc2c(nc1C)C[C@H]1C[C@@H]2C1(C)C. The summed E-state index contributed by atoms with van der Waals surface area (Å²) >= 11 is 0. The first-order valence-electron chi connectivity index (χ1n) is 7.12. The predicted octanol–water partition coefficient (Wildman–Crippen LogP) is 3.25. The van der Waals surface area contributed by atoms with Gasteiger partial charge in [0, 0.05) is 5.69 Å². The molecule has 3 nitrogen and oxygen atoms in total. The zero-order chi connectivity index (χ0) is 13.8. The third-order valence-electron chi connectivity index (χ3n) is 5.11. The fourth-order valence-corrected chi connectivity index (χ4v) is 3.67. The number of carbonyl (C=O) groups is 1. The summed E-state index contributed by atoms with van der Waals surface area (Å²) in [4.78, 5) is 16.6. The summed E-state index contributed by atoms with van der Waals surface area (Å²) in [6, 6.07) is 2.04. The summed E-state index contributed by atoms with van der Waals surface area (Å²) in [5, 5.41) is 0. The molecule has 0 N–H and O–H groups in total. The van der Waals surface area contributed by atoms with E-state index < -0.39 is 0 Å². The quantitative estimate of drug-likeness (QED) is 0.765. The van der Waals surface area contributed by atoms with Crippen LogP contribution >= 0.6 is 0 Å². The molecule has 102 valence electrons. The van der Waals surface area contributed by atoms with Gasteiger partial charge < -0.3 is 4.74 Å². The van der Waals surface area contributed by atoms with Gasteiger partial charge in [-0.1, -0.05) is 13.8 Å². The highest BCUT2D eigenvalue weighted by Crippen LogP contribution is 2.61. The van der Waals surface area contributed by atoms with E-state index in [0.717, 1.165) is 18.0 Å². The first kappa shape index (κ1) is 12.6. The van der Waals surface area contributed by atoms with E-state index in [1.54, 1.807) is 0 Å². The molecule has 3 aliphatic rings. The average molecular weight is 259 g/mol. The van der Waals surface area contributed by atoms with E-state index in [1.165, 1.54) is 17.7 Å². The second kappa shape index (κ2) is 4.06. The van der Waals surface area contributed by atoms with Gasteiger partial charge in [0.15, 0.2) is 0 Å². The second-order valence-electron chi connectivity index (χ2n) is 6.39. The predicted molar refractivity (Wildman–Crippen MR) is 73.3 cm³/mol. The summed E-state index contributed by atoms with van der Waals surface area (Å²) in [5.41, 5.74) is 4.28. The number of nitrogens with zero attached hydrogens (tertiary/aromatic N) is 1. The van der Waals surface area contributed by atoms with Crippen LogP contribution in [0.15, 0.2) is 6.07 Å². The molecule has 0 saturated heterocycles. The number of hydrogen-bond acceptors (Lipinski definition) is 3. The van der Waals surface area contributed by atoms with E-state index >= 15 is 0 Å². The Morgan fingerprint density at radius 3 is 2.89 bits per heavy atom. The summed E-state index contributed by atoms with van der Waals surface area (Å²) in [6.07, 6.45) is 2.30. The van der Waals surface area contributed by atoms with Crippen LogP contribution in [-0.4, -0.2) is 17.6 Å². The van der Waals surface area contributed by atoms with Crippen LogP contribution in [0.25, 0.3) is 0 Å². The number of pyridine rings is 1. The molecular weight excluding hydrogens is 238 g/mol. The highest BCUT2D eigenvalue weighted by atomic mass is 16.5. The van der Waals surface area contributed by atoms with Crippen molar-refractivity contribution in [1.82, 2.24) is 4.98 Å². The molecule has 0 unspecified atom stereocenters. The minimum atomic E-state index is -0.241. The van der Waals surface area contributed by atoms with Crippen LogP contribution in [0, 0.1) is 18.3 Å². The Labute approximate surface area is 114 Å². The lowest BCUT2D eigenvalue weighted by atomic mass is 9.48. The number of ether oxygens (including phenoxy) is 1. The number of esters is 1. The van der Waals surface area contributed by atoms with Gasteiger partial charge >= 0.3 is 5.97 Å². The van der Waals surface area contributed by atoms with Crippen LogP contribution in [0.2, 0.25) is 0 Å². The highest BCUT2D eigenvalue weighted by Gasteiger charge is 2.53. The highest BCUT2D eigenvalue weighted by molar-refractivity contribution is 5.90. The van der Waals surface area contributed by atoms with Gasteiger partial charge in [-0.2, -0.15) is 0 Å². The molecule has 2 bridgehead atoms. The third-order valence-corrected chi connectivity index (χ3v) is 5.11. The summed E-state index contributed by atoms with van der Waals surface area (Å²) in [6.45, 7) is 8.81. The molecule has 1 aromatic heterocycles. The minimum Gasteiger partial charge on any atom is -0.462 e. The molecule has 0 amide bonds. The number of hydrogen-bond donors (Lipinski definition) is 0. The van der Waals surface area contributed by atoms with Gasteiger partial charge in [-0.3, -0.25) is 4.98 Å². The smallest absolute Gasteiger partial charge is 0.339 e. The van der Waals surface area contributed by atoms with Crippen LogP contribution in [0.1, 0.15) is 60.4 Å². The maximum Gasteiger partial charge on any atom is 0.339 e. The summed E-state index contributed by atoms with van der Waals surface area (Å²) < 4.78 is 5.12. The van der Waals surface area contributed by atoms with Crippen LogP contribution in [-0.2, 0) is 11.2 Å². The lowest BCUT2D eigenvalue weighted by molar-refractivity contribution is 0.0166. The fraction of sp³-hybridized carbons (Fsp3) is 0.625. The summed E-state index contributed by atoms with van der Waals surface area (Å²) in [5.74, 6) is 1.07. The molecule has 3 heteroatoms. The molecule has 0 spiro atoms. The van der Waals surface area contributed by atoms with Gasteiger partial charge in [0.1, 0.15) is 0 Å². The Kier molecular flexibility index (Phi) is 2.70. The number of aromatic nitrogens is 1. The van der Waals surface area contributed by atoms with Gasteiger partial charge in [0.05, 0.1) is 17.9 Å². The Bertz CT molecular complexity index is 548. The first-order valence-corrected chi connectivity index (χ1v) is 7.12. The lowest BCUT2D eigenvalue weighted by Gasteiger charge is -2.56. The van der Waals surface area contributed by atoms with E-state index in [9.17, 15) is 4.79 Å². The average Bonchev–Trinajstić information content (AvgIpc) is 2.36. The van der Waals surface area contributed by atoms with Gasteiger partial charge in [0.2, 0.25) is 0 Å². The van der Waals surface area contributed by atoms with E-state index in [0.29, 0.717) is 23.5 Å². The van der Waals surface area contributed by atoms with Crippen molar-refractivity contribution in [3.05, 3.63) is 28.6 Å². The first-order chi connectivity index (χ1) is 8.95. The molecule has 19 heavy (non-hydrogen) atoms. The lowest BCUT2D eigenvalue weighted by Crippen LogP contribution is -2.48. The van der Waals surface area contributed by atoms with Crippen molar-refractivity contribution in [3.8, 4) is 0 Å². The van der Waals surface area contributed by atoms with Crippen LogP contribution < -0.4 is 0 Å². The topological polar surface area (TPSA) is 39.2 Å². The van der Waals surface area contributed by atoms with Crippen molar-refractivity contribution in [2.75, 3.05) is 6.61 Å². The zero-order valence-electron chi connectivity index (χ0n) is 12.1. The number of rotatable bonds is 2. The van der Waals surface area contributed by atoms with E-state index in [-0.39, 0.29) is 5.97 Å². The number of carbonyl (C=O) groups excluding carboxylic acids is 1. The molecule has 4 rings (SSSR count). The monoisotopic (exact) mass is 259 g/mol. The largest absolute Gasteiger partial charge is 0.462 e. The van der Waals surface area contributed by atoms with Gasteiger partial charge in [-0.15, -0.1) is 0 Å². The fourth-order valence-electron chi connectivity index (χ4n) is 3.67. The Morgan fingerprint density at radius 1 is 1.53 bits per heavy atom. The molecule has 1 heterocycles. The van der Waals surface area contributed by atoms with Crippen LogP contribution in [0.4, 0.5) is 0 Å². The molecular formula is C16H21NO2. The van der Waals surface area contributed by atoms with Gasteiger partial charge in [-0.25, -0.2) is 4.79 Å². The molecule has 1 fully saturated rings. The van der Waals surface area contributed by atoms with Crippen molar-refractivity contribution < 1.29 is 9.53 Å². The standard InChI is InChI=1S/C16H21NO2/c1-5-19-15(18)11-8-12-13-6-10(16(13,3)4)7-14(12)17-9(11)2/h8,10,13H,5-7H2,1-4H3/t10-,13+/m1/s1. The Balaban J connectivity index is 2.03. The van der Waals surface area contributed by atoms with Crippen molar-refractivity contribution in [1.29, 1.82) is 0 Å². The van der Waals surface area contributed by atoms with Gasteiger partial charge in [-0.05, 0) is 55.6 Å². The van der Waals surface area contributed by atoms with Crippen molar-refractivity contribution in [3.63, 3.8) is 0 Å². The maximum atomic E-state index is 12.0. The maximum absolute atomic E-state index is 12.0. The molecule has 0 aromatic carbocycles. The van der Waals surface area contributed by atoms with E-state index in [1.807, 2.05) is 19.9 Å².